The molecule has 0 bridgehead atoms. The second-order valence-electron chi connectivity index (χ2n) is 4.84. The molecule has 0 radical (unpaired) electrons. The Morgan fingerprint density at radius 2 is 1.83 bits per heavy atom. The highest BCUT2D eigenvalue weighted by Crippen LogP contribution is 2.26. The number of aromatic hydroxyl groups is 1. The van der Waals surface area contributed by atoms with Crippen LogP contribution in [0.4, 0.5) is 0 Å². The van der Waals surface area contributed by atoms with Gasteiger partial charge in [0.25, 0.3) is 0 Å². The number of carboxylic acid groups (broad SMARTS) is 1. The number of aliphatic carboxylic acids is 1. The van der Waals surface area contributed by atoms with E-state index in [4.69, 9.17) is 14.6 Å². The Labute approximate surface area is 138 Å². The van der Waals surface area contributed by atoms with Crippen LogP contribution >= 0.6 is 0 Å². The molecule has 6 nitrogen and oxygen atoms in total. The molecule has 2 aromatic rings. The van der Waals surface area contributed by atoms with Crippen molar-refractivity contribution in [1.82, 2.24) is 0 Å². The van der Waals surface area contributed by atoms with E-state index in [0.717, 1.165) is 0 Å². The molecule has 6 heteroatoms. The molecule has 24 heavy (non-hydrogen) atoms. The van der Waals surface area contributed by atoms with Crippen LogP contribution in [0.3, 0.4) is 0 Å². The number of carboxylic acids is 1. The third-order valence-corrected chi connectivity index (χ3v) is 3.13. The molecule has 0 aromatic heterocycles. The summed E-state index contributed by atoms with van der Waals surface area (Å²) in [6.07, 6.45) is 2.96. The fraction of sp³-hybridized carbons (Fsp3) is 0.111. The maximum absolute atomic E-state index is 12.1. The first-order valence-corrected chi connectivity index (χ1v) is 7.03. The van der Waals surface area contributed by atoms with Crippen molar-refractivity contribution < 1.29 is 29.3 Å². The molecule has 0 aliphatic heterocycles. The van der Waals surface area contributed by atoms with Crippen molar-refractivity contribution in [3.05, 3.63) is 59.7 Å². The Kier molecular flexibility index (Phi) is 5.57. The van der Waals surface area contributed by atoms with E-state index in [1.165, 1.54) is 31.4 Å². The van der Waals surface area contributed by atoms with E-state index < -0.39 is 12.6 Å². The lowest BCUT2D eigenvalue weighted by atomic mass is 10.1. The molecular formula is C18H16O6. The number of benzene rings is 2. The van der Waals surface area contributed by atoms with Gasteiger partial charge in [-0.3, -0.25) is 4.79 Å². The van der Waals surface area contributed by atoms with Gasteiger partial charge in [-0.05, 0) is 48.0 Å². The van der Waals surface area contributed by atoms with E-state index in [2.05, 4.69) is 0 Å². The number of methoxy groups -OCH3 is 1. The van der Waals surface area contributed by atoms with E-state index in [0.29, 0.717) is 22.6 Å². The summed E-state index contributed by atoms with van der Waals surface area (Å²) in [4.78, 5) is 22.5. The predicted octanol–water partition coefficient (Wildman–Crippen LogP) is 2.76. The fourth-order valence-electron chi connectivity index (χ4n) is 1.94. The predicted molar refractivity (Wildman–Crippen MR) is 87.6 cm³/mol. The summed E-state index contributed by atoms with van der Waals surface area (Å²) in [6, 6.07) is 11.0. The zero-order valence-corrected chi connectivity index (χ0v) is 12.9. The number of hydrogen-bond acceptors (Lipinski definition) is 5. The topological polar surface area (TPSA) is 93.1 Å². The molecule has 0 atom stereocenters. The lowest BCUT2D eigenvalue weighted by Gasteiger charge is -2.04. The third-order valence-electron chi connectivity index (χ3n) is 3.13. The van der Waals surface area contributed by atoms with E-state index in [9.17, 15) is 14.7 Å². The van der Waals surface area contributed by atoms with Gasteiger partial charge < -0.3 is 19.7 Å². The smallest absolute Gasteiger partial charge is 0.341 e. The Morgan fingerprint density at radius 3 is 2.42 bits per heavy atom. The Hall–Kier alpha value is -3.28. The number of ketones is 1. The Morgan fingerprint density at radius 1 is 1.12 bits per heavy atom. The van der Waals surface area contributed by atoms with Crippen LogP contribution in [0.25, 0.3) is 6.08 Å². The summed E-state index contributed by atoms with van der Waals surface area (Å²) in [5.41, 5.74) is 1.09. The van der Waals surface area contributed by atoms with Crippen LogP contribution < -0.4 is 9.47 Å². The van der Waals surface area contributed by atoms with Crippen LogP contribution in [0.2, 0.25) is 0 Å². The molecule has 0 saturated heterocycles. The second kappa shape index (κ2) is 7.82. The molecule has 124 valence electrons. The number of carbonyl (C=O) groups excluding carboxylic acids is 1. The standard InChI is InChI=1S/C18H16O6/c1-23-17-9-3-12(10-16(17)20)2-8-15(19)13-4-6-14(7-5-13)24-11-18(21)22/h2-10,20H,11H2,1H3,(H,21,22)/b8-2+. The van der Waals surface area contributed by atoms with Crippen molar-refractivity contribution in [3.63, 3.8) is 0 Å². The first-order valence-electron chi connectivity index (χ1n) is 7.03. The fourth-order valence-corrected chi connectivity index (χ4v) is 1.94. The van der Waals surface area contributed by atoms with Gasteiger partial charge in [-0.2, -0.15) is 0 Å². The normalized spacial score (nSPS) is 10.5. The molecule has 2 rings (SSSR count). The van der Waals surface area contributed by atoms with E-state index in [-0.39, 0.29) is 11.5 Å². The minimum atomic E-state index is -1.07. The van der Waals surface area contributed by atoms with Gasteiger partial charge in [0, 0.05) is 5.56 Å². The lowest BCUT2D eigenvalue weighted by Crippen LogP contribution is -2.09. The van der Waals surface area contributed by atoms with Gasteiger partial charge in [0.15, 0.2) is 23.9 Å². The van der Waals surface area contributed by atoms with Gasteiger partial charge in [0.05, 0.1) is 7.11 Å². The third kappa shape index (κ3) is 4.61. The molecule has 0 aliphatic carbocycles. The van der Waals surface area contributed by atoms with Crippen LogP contribution in [0, 0.1) is 0 Å². The first kappa shape index (κ1) is 17.1. The molecule has 0 saturated carbocycles. The van der Waals surface area contributed by atoms with Crippen molar-refractivity contribution in [2.75, 3.05) is 13.7 Å². The average Bonchev–Trinajstić information content (AvgIpc) is 2.58. The van der Waals surface area contributed by atoms with Crippen LogP contribution in [0.1, 0.15) is 15.9 Å². The maximum atomic E-state index is 12.1. The number of hydrogen-bond donors (Lipinski definition) is 2. The van der Waals surface area contributed by atoms with Gasteiger partial charge in [0.2, 0.25) is 0 Å². The molecule has 0 fully saturated rings. The summed E-state index contributed by atoms with van der Waals surface area (Å²) >= 11 is 0. The molecular weight excluding hydrogens is 312 g/mol. The van der Waals surface area contributed by atoms with Crippen LogP contribution in [0.5, 0.6) is 17.2 Å². The lowest BCUT2D eigenvalue weighted by molar-refractivity contribution is -0.139. The minimum Gasteiger partial charge on any atom is -0.504 e. The molecule has 0 amide bonds. The van der Waals surface area contributed by atoms with E-state index in [1.54, 1.807) is 30.3 Å². The van der Waals surface area contributed by atoms with Gasteiger partial charge >= 0.3 is 5.97 Å². The molecule has 2 N–H and O–H groups in total. The zero-order chi connectivity index (χ0) is 17.5. The van der Waals surface area contributed by atoms with E-state index in [1.807, 2.05) is 0 Å². The number of phenols is 1. The van der Waals surface area contributed by atoms with Crippen LogP contribution in [0.15, 0.2) is 48.5 Å². The summed E-state index contributed by atoms with van der Waals surface area (Å²) in [5, 5.41) is 18.2. The monoisotopic (exact) mass is 328 g/mol. The number of phenolic OH excluding ortho intramolecular Hbond substituents is 1. The van der Waals surface area contributed by atoms with Gasteiger partial charge in [0.1, 0.15) is 5.75 Å². The van der Waals surface area contributed by atoms with Crippen molar-refractivity contribution >= 4 is 17.8 Å². The minimum absolute atomic E-state index is 0.00738. The van der Waals surface area contributed by atoms with Crippen molar-refractivity contribution in [1.29, 1.82) is 0 Å². The number of carbonyl (C=O) groups is 2. The van der Waals surface area contributed by atoms with Gasteiger partial charge in [-0.1, -0.05) is 12.1 Å². The van der Waals surface area contributed by atoms with Crippen molar-refractivity contribution in [2.45, 2.75) is 0 Å². The Balaban J connectivity index is 2.03. The first-order chi connectivity index (χ1) is 11.5. The maximum Gasteiger partial charge on any atom is 0.341 e. The summed E-state index contributed by atoms with van der Waals surface area (Å²) < 4.78 is 9.95. The van der Waals surface area contributed by atoms with E-state index >= 15 is 0 Å². The number of ether oxygens (including phenoxy) is 2. The highest BCUT2D eigenvalue weighted by molar-refractivity contribution is 6.06. The molecule has 0 spiro atoms. The van der Waals surface area contributed by atoms with Crippen molar-refractivity contribution in [2.24, 2.45) is 0 Å². The molecule has 0 unspecified atom stereocenters. The SMILES string of the molecule is COc1ccc(/C=C/C(=O)c2ccc(OCC(=O)O)cc2)cc1O. The highest BCUT2D eigenvalue weighted by atomic mass is 16.5. The quantitative estimate of drug-likeness (QED) is 0.600. The van der Waals surface area contributed by atoms with Gasteiger partial charge in [-0.15, -0.1) is 0 Å². The molecule has 0 heterocycles. The summed E-state index contributed by atoms with van der Waals surface area (Å²) in [5.74, 6) is -0.573. The molecule has 0 aliphatic rings. The van der Waals surface area contributed by atoms with Gasteiger partial charge in [-0.25, -0.2) is 4.79 Å². The summed E-state index contributed by atoms with van der Waals surface area (Å²) in [6.45, 7) is -0.436. The number of allylic oxidation sites excluding steroid dienone is 1. The number of rotatable bonds is 7. The Bertz CT molecular complexity index is 762. The summed E-state index contributed by atoms with van der Waals surface area (Å²) in [7, 11) is 1.46. The van der Waals surface area contributed by atoms with Crippen LogP contribution in [-0.2, 0) is 4.79 Å². The van der Waals surface area contributed by atoms with Crippen molar-refractivity contribution in [3.8, 4) is 17.2 Å². The zero-order valence-electron chi connectivity index (χ0n) is 12.9. The highest BCUT2D eigenvalue weighted by Gasteiger charge is 2.05. The average molecular weight is 328 g/mol. The molecule has 2 aromatic carbocycles. The second-order valence-corrected chi connectivity index (χ2v) is 4.84. The van der Waals surface area contributed by atoms with Crippen LogP contribution in [-0.4, -0.2) is 35.7 Å². The largest absolute Gasteiger partial charge is 0.504 e.